The van der Waals surface area contributed by atoms with Crippen molar-refractivity contribution < 1.29 is 9.90 Å². The number of halogens is 1. The zero-order valence-corrected chi connectivity index (χ0v) is 12.2. The van der Waals surface area contributed by atoms with E-state index in [2.05, 4.69) is 33.4 Å². The Morgan fingerprint density at radius 1 is 1.33 bits per heavy atom. The van der Waals surface area contributed by atoms with Crippen LogP contribution in [0.2, 0.25) is 0 Å². The summed E-state index contributed by atoms with van der Waals surface area (Å²) in [5.74, 6) is 0.0630. The number of hydrogen-bond donors (Lipinski definition) is 2. The van der Waals surface area contributed by atoms with Crippen molar-refractivity contribution in [1.29, 1.82) is 0 Å². The lowest BCUT2D eigenvalue weighted by molar-refractivity contribution is -0.121. The van der Waals surface area contributed by atoms with E-state index in [1.807, 2.05) is 19.1 Å². The lowest BCUT2D eigenvalue weighted by Crippen LogP contribution is -2.33. The van der Waals surface area contributed by atoms with Gasteiger partial charge in [0.1, 0.15) is 0 Å². The summed E-state index contributed by atoms with van der Waals surface area (Å²) in [4.78, 5) is 11.6. The van der Waals surface area contributed by atoms with Crippen LogP contribution in [0, 0.1) is 0 Å². The predicted molar refractivity (Wildman–Crippen MR) is 76.4 cm³/mol. The molecule has 2 N–H and O–H groups in total. The molecule has 1 rings (SSSR count). The van der Waals surface area contributed by atoms with Crippen molar-refractivity contribution in [2.24, 2.45) is 0 Å². The lowest BCUT2D eigenvalue weighted by Gasteiger charge is -2.14. The van der Waals surface area contributed by atoms with E-state index >= 15 is 0 Å². The highest BCUT2D eigenvalue weighted by Crippen LogP contribution is 2.11. The minimum Gasteiger partial charge on any atom is -0.396 e. The number of rotatable bonds is 7. The SMILES string of the molecule is CC(Cc1ccc(Br)cc1)NC(=O)CCCCO. The number of carbonyl (C=O) groups is 1. The van der Waals surface area contributed by atoms with Crippen LogP contribution >= 0.6 is 15.9 Å². The molecule has 0 aliphatic carbocycles. The number of nitrogens with one attached hydrogen (secondary N) is 1. The molecule has 1 amide bonds. The van der Waals surface area contributed by atoms with E-state index in [4.69, 9.17) is 5.11 Å². The topological polar surface area (TPSA) is 49.3 Å². The minimum absolute atomic E-state index is 0.0630. The Kier molecular flexibility index (Phi) is 6.98. The number of amides is 1. The van der Waals surface area contributed by atoms with Gasteiger partial charge in [0.15, 0.2) is 0 Å². The van der Waals surface area contributed by atoms with E-state index in [-0.39, 0.29) is 18.6 Å². The Bertz CT molecular complexity index is 365. The van der Waals surface area contributed by atoms with Crippen molar-refractivity contribution in [3.8, 4) is 0 Å². The minimum atomic E-state index is 0.0630. The summed E-state index contributed by atoms with van der Waals surface area (Å²) < 4.78 is 1.06. The maximum Gasteiger partial charge on any atom is 0.220 e. The number of benzene rings is 1. The molecule has 4 heteroatoms. The highest BCUT2D eigenvalue weighted by Gasteiger charge is 2.07. The second-order valence-electron chi connectivity index (χ2n) is 4.48. The standard InChI is InChI=1S/C14H20BrNO2/c1-11(16-14(18)4-2-3-9-17)10-12-5-7-13(15)8-6-12/h5-8,11,17H,2-4,9-10H2,1H3,(H,16,18). The Balaban J connectivity index is 2.30. The molecule has 1 aromatic rings. The molecule has 100 valence electrons. The maximum atomic E-state index is 11.6. The van der Waals surface area contributed by atoms with E-state index in [0.717, 1.165) is 17.3 Å². The van der Waals surface area contributed by atoms with E-state index in [9.17, 15) is 4.79 Å². The molecule has 0 heterocycles. The molecule has 0 aliphatic rings. The second kappa shape index (κ2) is 8.27. The first-order chi connectivity index (χ1) is 8.61. The molecular weight excluding hydrogens is 294 g/mol. The van der Waals surface area contributed by atoms with Gasteiger partial charge in [0.2, 0.25) is 5.91 Å². The first-order valence-corrected chi connectivity index (χ1v) is 7.06. The van der Waals surface area contributed by atoms with E-state index < -0.39 is 0 Å². The molecule has 18 heavy (non-hydrogen) atoms. The molecule has 3 nitrogen and oxygen atoms in total. The number of aliphatic hydroxyl groups excluding tert-OH is 1. The van der Waals surface area contributed by atoms with Gasteiger partial charge in [-0.15, -0.1) is 0 Å². The molecule has 0 saturated heterocycles. The van der Waals surface area contributed by atoms with Crippen LogP contribution in [-0.4, -0.2) is 23.7 Å². The van der Waals surface area contributed by atoms with Crippen molar-refractivity contribution in [3.05, 3.63) is 34.3 Å². The Hall–Kier alpha value is -0.870. The van der Waals surface area contributed by atoms with Gasteiger partial charge in [-0.2, -0.15) is 0 Å². The summed E-state index contributed by atoms with van der Waals surface area (Å²) in [6.07, 6.45) is 2.76. The van der Waals surface area contributed by atoms with Crippen LogP contribution in [0.3, 0.4) is 0 Å². The highest BCUT2D eigenvalue weighted by atomic mass is 79.9. The van der Waals surface area contributed by atoms with Gasteiger partial charge in [0, 0.05) is 23.5 Å². The van der Waals surface area contributed by atoms with Crippen molar-refractivity contribution >= 4 is 21.8 Å². The van der Waals surface area contributed by atoms with Gasteiger partial charge in [-0.1, -0.05) is 28.1 Å². The Morgan fingerprint density at radius 2 is 2.00 bits per heavy atom. The van der Waals surface area contributed by atoms with Crippen LogP contribution < -0.4 is 5.32 Å². The molecule has 0 aliphatic heterocycles. The molecule has 1 atom stereocenters. The Morgan fingerprint density at radius 3 is 2.61 bits per heavy atom. The fourth-order valence-electron chi connectivity index (χ4n) is 1.77. The van der Waals surface area contributed by atoms with Gasteiger partial charge < -0.3 is 10.4 Å². The summed E-state index contributed by atoms with van der Waals surface area (Å²) >= 11 is 3.40. The number of aliphatic hydroxyl groups is 1. The van der Waals surface area contributed by atoms with Crippen LogP contribution in [0.15, 0.2) is 28.7 Å². The molecule has 0 fully saturated rings. The van der Waals surface area contributed by atoms with Gasteiger partial charge in [-0.3, -0.25) is 4.79 Å². The molecule has 1 aromatic carbocycles. The number of carbonyl (C=O) groups excluding carboxylic acids is 1. The van der Waals surface area contributed by atoms with Crippen LogP contribution in [-0.2, 0) is 11.2 Å². The average molecular weight is 314 g/mol. The summed E-state index contributed by atoms with van der Waals surface area (Å²) in [6, 6.07) is 8.25. The zero-order valence-electron chi connectivity index (χ0n) is 10.7. The largest absolute Gasteiger partial charge is 0.396 e. The van der Waals surface area contributed by atoms with Crippen molar-refractivity contribution in [2.75, 3.05) is 6.61 Å². The fourth-order valence-corrected chi connectivity index (χ4v) is 2.03. The maximum absolute atomic E-state index is 11.6. The van der Waals surface area contributed by atoms with Crippen LogP contribution in [0.1, 0.15) is 31.7 Å². The summed E-state index contributed by atoms with van der Waals surface area (Å²) in [6.45, 7) is 2.16. The third kappa shape index (κ3) is 6.17. The molecule has 1 unspecified atom stereocenters. The quantitative estimate of drug-likeness (QED) is 0.760. The van der Waals surface area contributed by atoms with Crippen LogP contribution in [0.25, 0.3) is 0 Å². The summed E-state index contributed by atoms with van der Waals surface area (Å²) in [5, 5.41) is 11.6. The van der Waals surface area contributed by atoms with Gasteiger partial charge in [-0.25, -0.2) is 0 Å². The molecule has 0 aromatic heterocycles. The third-order valence-electron chi connectivity index (χ3n) is 2.67. The normalized spacial score (nSPS) is 12.2. The van der Waals surface area contributed by atoms with Gasteiger partial charge >= 0.3 is 0 Å². The first-order valence-electron chi connectivity index (χ1n) is 6.26. The lowest BCUT2D eigenvalue weighted by atomic mass is 10.1. The predicted octanol–water partition coefficient (Wildman–Crippen LogP) is 2.66. The molecule has 0 spiro atoms. The summed E-state index contributed by atoms with van der Waals surface area (Å²) in [7, 11) is 0. The average Bonchev–Trinajstić information content (AvgIpc) is 2.32. The smallest absolute Gasteiger partial charge is 0.220 e. The molecule has 0 saturated carbocycles. The van der Waals surface area contributed by atoms with Crippen molar-refractivity contribution in [1.82, 2.24) is 5.32 Å². The number of unbranched alkanes of at least 4 members (excludes halogenated alkanes) is 1. The van der Waals surface area contributed by atoms with Crippen LogP contribution in [0.4, 0.5) is 0 Å². The van der Waals surface area contributed by atoms with Crippen LogP contribution in [0.5, 0.6) is 0 Å². The van der Waals surface area contributed by atoms with Gasteiger partial charge in [0.05, 0.1) is 0 Å². The highest BCUT2D eigenvalue weighted by molar-refractivity contribution is 9.10. The van der Waals surface area contributed by atoms with E-state index in [0.29, 0.717) is 12.8 Å². The first kappa shape index (κ1) is 15.2. The van der Waals surface area contributed by atoms with E-state index in [1.165, 1.54) is 5.56 Å². The van der Waals surface area contributed by atoms with Crippen molar-refractivity contribution in [2.45, 2.75) is 38.6 Å². The van der Waals surface area contributed by atoms with Crippen molar-refractivity contribution in [3.63, 3.8) is 0 Å². The molecule has 0 bridgehead atoms. The zero-order chi connectivity index (χ0) is 13.4. The molecular formula is C14H20BrNO2. The van der Waals surface area contributed by atoms with Gasteiger partial charge in [-0.05, 0) is 43.9 Å². The number of hydrogen-bond acceptors (Lipinski definition) is 2. The van der Waals surface area contributed by atoms with E-state index in [1.54, 1.807) is 0 Å². The summed E-state index contributed by atoms with van der Waals surface area (Å²) in [5.41, 5.74) is 1.21. The Labute approximate surface area is 117 Å². The van der Waals surface area contributed by atoms with Gasteiger partial charge in [0.25, 0.3) is 0 Å². The third-order valence-corrected chi connectivity index (χ3v) is 3.20. The fraction of sp³-hybridized carbons (Fsp3) is 0.500. The molecule has 0 radical (unpaired) electrons. The monoisotopic (exact) mass is 313 g/mol. The second-order valence-corrected chi connectivity index (χ2v) is 5.40.